The van der Waals surface area contributed by atoms with Gasteiger partial charge in [-0.15, -0.1) is 10.2 Å². The van der Waals surface area contributed by atoms with Crippen LogP contribution >= 0.6 is 0 Å². The van der Waals surface area contributed by atoms with Gasteiger partial charge in [0.2, 0.25) is 0 Å². The molecule has 0 radical (unpaired) electrons. The fourth-order valence-corrected chi connectivity index (χ4v) is 3.70. The molecule has 1 aromatic rings. The summed E-state index contributed by atoms with van der Waals surface area (Å²) in [7, 11) is 1.93. The van der Waals surface area contributed by atoms with Crippen LogP contribution in [0.4, 0.5) is 8.78 Å². The van der Waals surface area contributed by atoms with Gasteiger partial charge in [0.05, 0.1) is 19.8 Å². The third-order valence-electron chi connectivity index (χ3n) is 5.71. The number of guanidine groups is 1. The third-order valence-corrected chi connectivity index (χ3v) is 5.71. The molecule has 0 unspecified atom stereocenters. The average molecular weight is 429 g/mol. The first-order valence-corrected chi connectivity index (χ1v) is 10.7. The van der Waals surface area contributed by atoms with E-state index in [0.29, 0.717) is 19.6 Å². The van der Waals surface area contributed by atoms with Gasteiger partial charge in [0.15, 0.2) is 11.8 Å². The molecule has 2 aliphatic heterocycles. The van der Waals surface area contributed by atoms with Crippen molar-refractivity contribution in [3.05, 3.63) is 11.6 Å². The first-order valence-electron chi connectivity index (χ1n) is 10.7. The summed E-state index contributed by atoms with van der Waals surface area (Å²) in [5.41, 5.74) is 0. The number of hydrogen-bond acceptors (Lipinski definition) is 6. The molecule has 2 saturated heterocycles. The second-order valence-electron chi connectivity index (χ2n) is 7.88. The van der Waals surface area contributed by atoms with E-state index in [1.807, 2.05) is 23.4 Å². The number of aryl methyl sites for hydroxylation is 1. The highest BCUT2D eigenvalue weighted by Gasteiger charge is 2.22. The second-order valence-corrected chi connectivity index (χ2v) is 7.88. The van der Waals surface area contributed by atoms with Gasteiger partial charge in [-0.05, 0) is 19.8 Å². The minimum Gasteiger partial charge on any atom is -0.379 e. The van der Waals surface area contributed by atoms with Crippen molar-refractivity contribution >= 4 is 5.96 Å². The van der Waals surface area contributed by atoms with E-state index >= 15 is 0 Å². The number of nitrogens with zero attached hydrogens (tertiary/aromatic N) is 6. The van der Waals surface area contributed by atoms with Crippen molar-refractivity contribution in [1.82, 2.24) is 35.2 Å². The lowest BCUT2D eigenvalue weighted by Gasteiger charge is -2.33. The van der Waals surface area contributed by atoms with Crippen LogP contribution in [0.25, 0.3) is 0 Å². The van der Waals surface area contributed by atoms with Crippen molar-refractivity contribution in [2.75, 3.05) is 59.0 Å². The number of morpholine rings is 1. The van der Waals surface area contributed by atoms with Crippen LogP contribution in [0.15, 0.2) is 4.99 Å². The van der Waals surface area contributed by atoms with E-state index in [1.165, 1.54) is 0 Å². The highest BCUT2D eigenvalue weighted by molar-refractivity contribution is 5.80. The number of nitrogens with one attached hydrogen (secondary N) is 2. The Labute approximate surface area is 176 Å². The standard InChI is InChI=1S/C19H34F2N8O/c1-15-25-26-18(27(15)2)13-23-19(22-5-8-28-9-11-30-12-10-28)24-16-3-6-29(7-4-16)14-17(20)21/h16-17H,3-14H2,1-2H3,(H2,22,23,24). The Bertz CT molecular complexity index is 669. The van der Waals surface area contributed by atoms with Gasteiger partial charge < -0.3 is 19.9 Å². The molecule has 11 heteroatoms. The summed E-state index contributed by atoms with van der Waals surface area (Å²) in [6, 6.07) is 0.217. The lowest BCUT2D eigenvalue weighted by molar-refractivity contribution is 0.0389. The second kappa shape index (κ2) is 11.5. The van der Waals surface area contributed by atoms with Gasteiger partial charge in [-0.3, -0.25) is 9.80 Å². The van der Waals surface area contributed by atoms with Crippen LogP contribution in [0.2, 0.25) is 0 Å². The predicted octanol–water partition coefficient (Wildman–Crippen LogP) is 0.220. The number of piperidine rings is 1. The van der Waals surface area contributed by atoms with Gasteiger partial charge in [0, 0.05) is 52.4 Å². The molecule has 2 N–H and O–H groups in total. The highest BCUT2D eigenvalue weighted by atomic mass is 19.3. The topological polar surface area (TPSA) is 82.8 Å². The molecule has 0 atom stereocenters. The Morgan fingerprint density at radius 2 is 1.90 bits per heavy atom. The zero-order chi connectivity index (χ0) is 21.3. The summed E-state index contributed by atoms with van der Waals surface area (Å²) in [5, 5.41) is 15.2. The van der Waals surface area contributed by atoms with E-state index in [9.17, 15) is 8.78 Å². The van der Waals surface area contributed by atoms with Crippen molar-refractivity contribution in [2.45, 2.75) is 38.8 Å². The Morgan fingerprint density at radius 3 is 2.53 bits per heavy atom. The molecule has 0 spiro atoms. The maximum absolute atomic E-state index is 12.6. The zero-order valence-corrected chi connectivity index (χ0v) is 18.0. The van der Waals surface area contributed by atoms with Crippen LogP contribution in [0.5, 0.6) is 0 Å². The molecule has 0 aromatic carbocycles. The minimum absolute atomic E-state index is 0.142. The SMILES string of the molecule is Cc1nnc(CN=C(NCCN2CCOCC2)NC2CCN(CC(F)F)CC2)n1C. The Balaban J connectivity index is 1.53. The number of alkyl halides is 2. The molecule has 1 aromatic heterocycles. The van der Waals surface area contributed by atoms with Gasteiger partial charge in [0.1, 0.15) is 12.4 Å². The van der Waals surface area contributed by atoms with Crippen LogP contribution in [-0.4, -0.2) is 102 Å². The third kappa shape index (κ3) is 7.13. The Kier molecular flexibility index (Phi) is 8.76. The van der Waals surface area contributed by atoms with Crippen LogP contribution in [0.1, 0.15) is 24.5 Å². The summed E-state index contributed by atoms with van der Waals surface area (Å²) in [6.07, 6.45) is -0.636. The van der Waals surface area contributed by atoms with Crippen molar-refractivity contribution in [2.24, 2.45) is 12.0 Å². The normalized spacial score (nSPS) is 20.1. The van der Waals surface area contributed by atoms with Gasteiger partial charge >= 0.3 is 0 Å². The first kappa shape index (κ1) is 22.8. The lowest BCUT2D eigenvalue weighted by atomic mass is 10.1. The minimum atomic E-state index is -2.27. The molecule has 0 aliphatic carbocycles. The Hall–Kier alpha value is -1.85. The maximum Gasteiger partial charge on any atom is 0.251 e. The summed E-state index contributed by atoms with van der Waals surface area (Å²) in [5.74, 6) is 2.38. The van der Waals surface area contributed by atoms with Gasteiger partial charge in [0.25, 0.3) is 6.43 Å². The molecule has 2 fully saturated rings. The molecule has 170 valence electrons. The zero-order valence-electron chi connectivity index (χ0n) is 18.0. The molecule has 0 saturated carbocycles. The number of likely N-dealkylation sites (tertiary alicyclic amines) is 1. The van der Waals surface area contributed by atoms with Crippen molar-refractivity contribution in [1.29, 1.82) is 0 Å². The summed E-state index contributed by atoms with van der Waals surface area (Å²) >= 11 is 0. The monoisotopic (exact) mass is 428 g/mol. The summed E-state index contributed by atoms with van der Waals surface area (Å²) in [6.45, 7) is 8.68. The maximum atomic E-state index is 12.6. The van der Waals surface area contributed by atoms with Crippen molar-refractivity contribution in [3.63, 3.8) is 0 Å². The lowest BCUT2D eigenvalue weighted by Crippen LogP contribution is -2.50. The summed E-state index contributed by atoms with van der Waals surface area (Å²) < 4.78 is 32.5. The predicted molar refractivity (Wildman–Crippen MR) is 111 cm³/mol. The van der Waals surface area contributed by atoms with Crippen LogP contribution in [0, 0.1) is 6.92 Å². The largest absolute Gasteiger partial charge is 0.379 e. The van der Waals surface area contributed by atoms with Crippen LogP contribution in [0.3, 0.4) is 0 Å². The van der Waals surface area contributed by atoms with E-state index in [1.54, 1.807) is 0 Å². The fourth-order valence-electron chi connectivity index (χ4n) is 3.70. The van der Waals surface area contributed by atoms with Gasteiger partial charge in [-0.1, -0.05) is 0 Å². The van der Waals surface area contributed by atoms with E-state index in [2.05, 4.69) is 25.7 Å². The molecule has 0 bridgehead atoms. The number of rotatable bonds is 8. The summed E-state index contributed by atoms with van der Waals surface area (Å²) in [4.78, 5) is 8.90. The van der Waals surface area contributed by atoms with E-state index in [0.717, 1.165) is 69.8 Å². The van der Waals surface area contributed by atoms with Crippen LogP contribution < -0.4 is 10.6 Å². The van der Waals surface area contributed by atoms with E-state index in [-0.39, 0.29) is 12.6 Å². The molecule has 3 heterocycles. The van der Waals surface area contributed by atoms with Crippen molar-refractivity contribution in [3.8, 4) is 0 Å². The van der Waals surface area contributed by atoms with E-state index < -0.39 is 6.43 Å². The molecular weight excluding hydrogens is 394 g/mol. The highest BCUT2D eigenvalue weighted by Crippen LogP contribution is 2.12. The van der Waals surface area contributed by atoms with Crippen LogP contribution in [-0.2, 0) is 18.3 Å². The molecular formula is C19H34F2N8O. The van der Waals surface area contributed by atoms with Gasteiger partial charge in [-0.25, -0.2) is 13.8 Å². The molecule has 3 rings (SSSR count). The molecule has 9 nitrogen and oxygen atoms in total. The number of ether oxygens (including phenoxy) is 1. The average Bonchev–Trinajstić information content (AvgIpc) is 3.06. The first-order chi connectivity index (χ1) is 14.5. The van der Waals surface area contributed by atoms with Crippen molar-refractivity contribution < 1.29 is 13.5 Å². The molecule has 2 aliphatic rings. The van der Waals surface area contributed by atoms with E-state index in [4.69, 9.17) is 9.73 Å². The molecule has 30 heavy (non-hydrogen) atoms. The number of hydrogen-bond donors (Lipinski definition) is 2. The smallest absolute Gasteiger partial charge is 0.251 e. The Morgan fingerprint density at radius 1 is 1.17 bits per heavy atom. The number of aromatic nitrogens is 3. The molecule has 0 amide bonds. The number of halogens is 2. The number of aliphatic imine (C=N–C) groups is 1. The quantitative estimate of drug-likeness (QED) is 0.453. The van der Waals surface area contributed by atoms with Gasteiger partial charge in [-0.2, -0.15) is 0 Å². The fraction of sp³-hybridized carbons (Fsp3) is 0.842.